The van der Waals surface area contributed by atoms with E-state index in [0.717, 1.165) is 18.6 Å². The van der Waals surface area contributed by atoms with Crippen molar-refractivity contribution in [3.63, 3.8) is 0 Å². The Bertz CT molecular complexity index is 187. The molecule has 0 saturated carbocycles. The summed E-state index contributed by atoms with van der Waals surface area (Å²) in [6.45, 7) is 5.74. The van der Waals surface area contributed by atoms with E-state index < -0.39 is 5.97 Å². The van der Waals surface area contributed by atoms with Crippen LogP contribution in [0.5, 0.6) is 0 Å². The van der Waals surface area contributed by atoms with Crippen molar-refractivity contribution in [3.8, 4) is 0 Å². The molecule has 0 bridgehead atoms. The maximum atomic E-state index is 10.1. The molecule has 0 spiro atoms. The lowest BCUT2D eigenvalue weighted by molar-refractivity contribution is -0.142. The molecule has 0 aromatic carbocycles. The summed E-state index contributed by atoms with van der Waals surface area (Å²) in [4.78, 5) is 14.6. The smallest absolute Gasteiger partial charge is 0.344 e. The Morgan fingerprint density at radius 2 is 2.15 bits per heavy atom. The van der Waals surface area contributed by atoms with Crippen molar-refractivity contribution in [2.24, 2.45) is 11.1 Å². The van der Waals surface area contributed by atoms with Crippen LogP contribution < -0.4 is 0 Å². The van der Waals surface area contributed by atoms with Crippen LogP contribution in [0.15, 0.2) is 5.16 Å². The van der Waals surface area contributed by atoms with Crippen LogP contribution in [-0.4, -0.2) is 23.4 Å². The molecule has 0 aliphatic carbocycles. The molecular weight excluding hydrogens is 170 g/mol. The minimum Gasteiger partial charge on any atom is -0.479 e. The molecule has 0 saturated heterocycles. The van der Waals surface area contributed by atoms with E-state index in [9.17, 15) is 4.79 Å². The van der Waals surface area contributed by atoms with Crippen LogP contribution in [0.1, 0.15) is 33.6 Å². The summed E-state index contributed by atoms with van der Waals surface area (Å²) in [7, 11) is 0. The van der Waals surface area contributed by atoms with Crippen molar-refractivity contribution in [3.05, 3.63) is 0 Å². The fourth-order valence-corrected chi connectivity index (χ4v) is 0.741. The normalized spacial score (nSPS) is 11.8. The van der Waals surface area contributed by atoms with E-state index in [0.29, 0.717) is 5.92 Å². The number of carbonyl (C=O) groups is 1. The summed E-state index contributed by atoms with van der Waals surface area (Å²) in [5.41, 5.74) is 0.843. The van der Waals surface area contributed by atoms with Gasteiger partial charge in [-0.1, -0.05) is 19.0 Å². The first kappa shape index (κ1) is 11.9. The highest BCUT2D eigenvalue weighted by Gasteiger charge is 1.98. The summed E-state index contributed by atoms with van der Waals surface area (Å²) in [5.74, 6) is -0.370. The maximum Gasteiger partial charge on any atom is 0.344 e. The van der Waals surface area contributed by atoms with Gasteiger partial charge in [-0.3, -0.25) is 0 Å². The van der Waals surface area contributed by atoms with Gasteiger partial charge in [0.05, 0.1) is 5.71 Å². The average Bonchev–Trinajstić information content (AvgIpc) is 2.00. The summed E-state index contributed by atoms with van der Waals surface area (Å²) in [5, 5.41) is 11.9. The van der Waals surface area contributed by atoms with Gasteiger partial charge < -0.3 is 9.94 Å². The van der Waals surface area contributed by atoms with Crippen LogP contribution >= 0.6 is 0 Å². The number of rotatable bonds is 6. The van der Waals surface area contributed by atoms with Crippen LogP contribution in [0.2, 0.25) is 0 Å². The number of hydrogen-bond donors (Lipinski definition) is 1. The number of carboxylic acid groups (broad SMARTS) is 1. The molecule has 0 aromatic heterocycles. The van der Waals surface area contributed by atoms with Crippen molar-refractivity contribution in [2.75, 3.05) is 6.61 Å². The fourth-order valence-electron chi connectivity index (χ4n) is 0.741. The van der Waals surface area contributed by atoms with E-state index >= 15 is 0 Å². The molecule has 0 aliphatic heterocycles. The van der Waals surface area contributed by atoms with Crippen LogP contribution in [0.25, 0.3) is 0 Å². The van der Waals surface area contributed by atoms with Gasteiger partial charge in [-0.25, -0.2) is 4.79 Å². The Labute approximate surface area is 78.6 Å². The molecule has 0 amide bonds. The molecular formula is C9H17NO3. The Morgan fingerprint density at radius 1 is 1.54 bits per heavy atom. The summed E-state index contributed by atoms with van der Waals surface area (Å²) in [6.07, 6.45) is 1.91. The number of carboxylic acids is 1. The number of aliphatic carboxylic acids is 1. The third-order valence-corrected chi connectivity index (χ3v) is 1.49. The van der Waals surface area contributed by atoms with Gasteiger partial charge in [-0.15, -0.1) is 0 Å². The lowest BCUT2D eigenvalue weighted by Crippen LogP contribution is -2.05. The lowest BCUT2D eigenvalue weighted by atomic mass is 10.1. The average molecular weight is 187 g/mol. The zero-order chi connectivity index (χ0) is 10.3. The highest BCUT2D eigenvalue weighted by molar-refractivity contribution is 5.81. The Balaban J connectivity index is 3.57. The van der Waals surface area contributed by atoms with Gasteiger partial charge in [0.25, 0.3) is 0 Å². The zero-order valence-electron chi connectivity index (χ0n) is 8.41. The third kappa shape index (κ3) is 8.85. The highest BCUT2D eigenvalue weighted by atomic mass is 16.6. The van der Waals surface area contributed by atoms with Crippen molar-refractivity contribution in [1.82, 2.24) is 0 Å². The SMILES string of the molecule is CC(CCC(C)C)=NOCC(=O)O. The molecule has 76 valence electrons. The van der Waals surface area contributed by atoms with Crippen molar-refractivity contribution in [1.29, 1.82) is 0 Å². The second-order valence-corrected chi connectivity index (χ2v) is 3.43. The van der Waals surface area contributed by atoms with Gasteiger partial charge in [0.15, 0.2) is 0 Å². The van der Waals surface area contributed by atoms with Crippen LogP contribution in [0.4, 0.5) is 0 Å². The van der Waals surface area contributed by atoms with Crippen LogP contribution in [0.3, 0.4) is 0 Å². The Kier molecular flexibility index (Phi) is 5.93. The number of hydrogen-bond acceptors (Lipinski definition) is 3. The minimum absolute atomic E-state index is 0.362. The van der Waals surface area contributed by atoms with Crippen molar-refractivity contribution in [2.45, 2.75) is 33.6 Å². The van der Waals surface area contributed by atoms with Gasteiger partial charge in [0.2, 0.25) is 6.61 Å². The molecule has 0 unspecified atom stereocenters. The van der Waals surface area contributed by atoms with Gasteiger partial charge in [-0.2, -0.15) is 0 Å². The first-order valence-electron chi connectivity index (χ1n) is 4.39. The molecule has 0 aliphatic rings. The second-order valence-electron chi connectivity index (χ2n) is 3.43. The Morgan fingerprint density at radius 3 is 2.62 bits per heavy atom. The van der Waals surface area contributed by atoms with Gasteiger partial charge in [0, 0.05) is 0 Å². The fraction of sp³-hybridized carbons (Fsp3) is 0.778. The van der Waals surface area contributed by atoms with Crippen LogP contribution in [-0.2, 0) is 9.63 Å². The Hall–Kier alpha value is -1.06. The molecule has 13 heavy (non-hydrogen) atoms. The summed E-state index contributed by atoms with van der Waals surface area (Å²) in [6, 6.07) is 0. The molecule has 1 N–H and O–H groups in total. The van der Waals surface area contributed by atoms with Crippen molar-refractivity contribution < 1.29 is 14.7 Å². The number of oxime groups is 1. The van der Waals surface area contributed by atoms with E-state index in [2.05, 4.69) is 23.8 Å². The van der Waals surface area contributed by atoms with E-state index in [4.69, 9.17) is 5.11 Å². The molecule has 0 aromatic rings. The molecule has 4 nitrogen and oxygen atoms in total. The van der Waals surface area contributed by atoms with Gasteiger partial charge >= 0.3 is 5.97 Å². The first-order valence-corrected chi connectivity index (χ1v) is 4.39. The van der Waals surface area contributed by atoms with E-state index in [1.54, 1.807) is 0 Å². The first-order chi connectivity index (χ1) is 6.02. The molecule has 0 heterocycles. The predicted octanol–water partition coefficient (Wildman–Crippen LogP) is 1.90. The minimum atomic E-state index is -1.000. The zero-order valence-corrected chi connectivity index (χ0v) is 8.41. The summed E-state index contributed by atoms with van der Waals surface area (Å²) >= 11 is 0. The monoisotopic (exact) mass is 187 g/mol. The van der Waals surface area contributed by atoms with E-state index in [1.807, 2.05) is 6.92 Å². The van der Waals surface area contributed by atoms with Gasteiger partial charge in [0.1, 0.15) is 0 Å². The third-order valence-electron chi connectivity index (χ3n) is 1.49. The highest BCUT2D eigenvalue weighted by Crippen LogP contribution is 2.04. The number of nitrogens with zero attached hydrogens (tertiary/aromatic N) is 1. The topological polar surface area (TPSA) is 58.9 Å². The molecule has 0 radical (unpaired) electrons. The van der Waals surface area contributed by atoms with Gasteiger partial charge in [-0.05, 0) is 25.7 Å². The standard InChI is InChI=1S/C9H17NO3/c1-7(2)4-5-8(3)10-13-6-9(11)12/h7H,4-6H2,1-3H3,(H,11,12). The van der Waals surface area contributed by atoms with Crippen LogP contribution in [0, 0.1) is 5.92 Å². The molecule has 0 atom stereocenters. The largest absolute Gasteiger partial charge is 0.479 e. The maximum absolute atomic E-state index is 10.1. The van der Waals surface area contributed by atoms with Crippen molar-refractivity contribution >= 4 is 11.7 Å². The molecule has 0 fully saturated rings. The quantitative estimate of drug-likeness (QED) is 0.510. The van der Waals surface area contributed by atoms with E-state index in [-0.39, 0.29) is 6.61 Å². The van der Waals surface area contributed by atoms with E-state index in [1.165, 1.54) is 0 Å². The summed E-state index contributed by atoms with van der Waals surface area (Å²) < 4.78 is 0. The molecule has 0 rings (SSSR count). The second kappa shape index (κ2) is 6.46. The lowest BCUT2D eigenvalue weighted by Gasteiger charge is -2.03. The molecule has 4 heteroatoms. The predicted molar refractivity (Wildman–Crippen MR) is 50.8 cm³/mol.